The fourth-order valence-corrected chi connectivity index (χ4v) is 1.08. The van der Waals surface area contributed by atoms with E-state index in [4.69, 9.17) is 5.26 Å². The Morgan fingerprint density at radius 3 is 2.73 bits per heavy atom. The predicted molar refractivity (Wildman–Crippen MR) is 46.2 cm³/mol. The maximum Gasteiger partial charge on any atom is 0.233 e. The van der Waals surface area contributed by atoms with E-state index in [0.29, 0.717) is 11.9 Å². The molecular formula is C7H11BrN2O. The predicted octanol–water partition coefficient (Wildman–Crippen LogP) is 0.999. The van der Waals surface area contributed by atoms with E-state index in [0.717, 1.165) is 0 Å². The molecule has 0 saturated heterocycles. The summed E-state index contributed by atoms with van der Waals surface area (Å²) < 4.78 is 0. The lowest BCUT2D eigenvalue weighted by molar-refractivity contribution is -0.127. The van der Waals surface area contributed by atoms with Crippen molar-refractivity contribution in [3.8, 4) is 6.07 Å². The highest BCUT2D eigenvalue weighted by atomic mass is 79.9. The molecule has 0 radical (unpaired) electrons. The summed E-state index contributed by atoms with van der Waals surface area (Å²) in [4.78, 5) is 12.5. The van der Waals surface area contributed by atoms with Crippen LogP contribution in [-0.4, -0.2) is 29.7 Å². The lowest BCUT2D eigenvalue weighted by Gasteiger charge is -2.16. The number of hydrogen-bond donors (Lipinski definition) is 0. The summed E-state index contributed by atoms with van der Waals surface area (Å²) in [6.45, 7) is 2.29. The summed E-state index contributed by atoms with van der Waals surface area (Å²) >= 11 is 3.05. The minimum atomic E-state index is -0.0944. The molecule has 0 N–H and O–H groups in total. The van der Waals surface area contributed by atoms with Crippen LogP contribution in [0.3, 0.4) is 0 Å². The number of hydrogen-bond acceptors (Lipinski definition) is 2. The zero-order chi connectivity index (χ0) is 8.85. The molecule has 0 aromatic carbocycles. The number of rotatable bonds is 3. The fourth-order valence-electron chi connectivity index (χ4n) is 0.655. The monoisotopic (exact) mass is 218 g/mol. The van der Waals surface area contributed by atoms with Crippen LogP contribution in [0.1, 0.15) is 6.92 Å². The van der Waals surface area contributed by atoms with Crippen LogP contribution < -0.4 is 0 Å². The average molecular weight is 219 g/mol. The van der Waals surface area contributed by atoms with Crippen molar-refractivity contribution >= 4 is 21.8 Å². The topological polar surface area (TPSA) is 44.1 Å². The van der Waals surface area contributed by atoms with Gasteiger partial charge >= 0.3 is 0 Å². The number of nitriles is 1. The Morgan fingerprint density at radius 2 is 2.36 bits per heavy atom. The molecule has 0 fully saturated rings. The molecule has 62 valence electrons. The van der Waals surface area contributed by atoms with E-state index in [9.17, 15) is 4.79 Å². The van der Waals surface area contributed by atoms with Gasteiger partial charge in [-0.2, -0.15) is 5.26 Å². The normalized spacial score (nSPS) is 11.8. The Labute approximate surface area is 75.1 Å². The Hall–Kier alpha value is -0.560. The minimum Gasteiger partial charge on any atom is -0.344 e. The van der Waals surface area contributed by atoms with Gasteiger partial charge in [-0.25, -0.2) is 0 Å². The molecule has 3 nitrogen and oxygen atoms in total. The summed E-state index contributed by atoms with van der Waals surface area (Å²) in [5.41, 5.74) is 0. The first-order valence-electron chi connectivity index (χ1n) is 3.31. The number of carbonyl (C=O) groups excluding carboxylic acids is 1. The number of nitrogens with zero attached hydrogens (tertiary/aromatic N) is 2. The quantitative estimate of drug-likeness (QED) is 0.664. The third-order valence-electron chi connectivity index (χ3n) is 1.31. The SMILES string of the molecule is CC(C#N)CN(C)C(=O)CBr. The second-order valence-electron chi connectivity index (χ2n) is 2.44. The van der Waals surface area contributed by atoms with Crippen LogP contribution >= 0.6 is 15.9 Å². The number of alkyl halides is 1. The zero-order valence-corrected chi connectivity index (χ0v) is 8.26. The molecule has 1 atom stereocenters. The molecule has 11 heavy (non-hydrogen) atoms. The van der Waals surface area contributed by atoms with Crippen molar-refractivity contribution in [2.24, 2.45) is 5.92 Å². The first-order chi connectivity index (χ1) is 5.11. The molecule has 0 aromatic heterocycles. The van der Waals surface area contributed by atoms with Crippen molar-refractivity contribution in [2.75, 3.05) is 18.9 Å². The van der Waals surface area contributed by atoms with Crippen LogP contribution in [-0.2, 0) is 4.79 Å². The lowest BCUT2D eigenvalue weighted by Crippen LogP contribution is -2.31. The summed E-state index contributed by atoms with van der Waals surface area (Å²) in [6, 6.07) is 2.07. The van der Waals surface area contributed by atoms with Crippen LogP contribution in [0.2, 0.25) is 0 Å². The van der Waals surface area contributed by atoms with E-state index < -0.39 is 0 Å². The van der Waals surface area contributed by atoms with Gasteiger partial charge in [-0.3, -0.25) is 4.79 Å². The minimum absolute atomic E-state index is 0.00657. The van der Waals surface area contributed by atoms with Crippen LogP contribution in [0.5, 0.6) is 0 Å². The molecule has 0 rings (SSSR count). The molecule has 0 aromatic rings. The van der Waals surface area contributed by atoms with Crippen LogP contribution in [0.15, 0.2) is 0 Å². The fraction of sp³-hybridized carbons (Fsp3) is 0.714. The van der Waals surface area contributed by atoms with Crippen molar-refractivity contribution in [1.29, 1.82) is 5.26 Å². The van der Waals surface area contributed by atoms with E-state index in [-0.39, 0.29) is 11.8 Å². The van der Waals surface area contributed by atoms with Crippen molar-refractivity contribution in [1.82, 2.24) is 4.90 Å². The second kappa shape index (κ2) is 5.14. The Kier molecular flexibility index (Phi) is 4.88. The molecule has 0 aliphatic carbocycles. The second-order valence-corrected chi connectivity index (χ2v) is 3.00. The van der Waals surface area contributed by atoms with Gasteiger partial charge in [-0.1, -0.05) is 15.9 Å². The van der Waals surface area contributed by atoms with Crippen molar-refractivity contribution < 1.29 is 4.79 Å². The van der Waals surface area contributed by atoms with Gasteiger partial charge in [-0.15, -0.1) is 0 Å². The maximum atomic E-state index is 10.9. The highest BCUT2D eigenvalue weighted by Gasteiger charge is 2.09. The largest absolute Gasteiger partial charge is 0.344 e. The van der Waals surface area contributed by atoms with Gasteiger partial charge in [-0.05, 0) is 6.92 Å². The van der Waals surface area contributed by atoms with E-state index in [1.54, 1.807) is 18.9 Å². The van der Waals surface area contributed by atoms with E-state index in [1.165, 1.54) is 0 Å². The zero-order valence-electron chi connectivity index (χ0n) is 6.67. The summed E-state index contributed by atoms with van der Waals surface area (Å²) in [6.07, 6.45) is 0. The van der Waals surface area contributed by atoms with Crippen LogP contribution in [0.4, 0.5) is 0 Å². The smallest absolute Gasteiger partial charge is 0.233 e. The van der Waals surface area contributed by atoms with Crippen molar-refractivity contribution in [3.05, 3.63) is 0 Å². The number of carbonyl (C=O) groups is 1. The maximum absolute atomic E-state index is 10.9. The Bertz CT molecular complexity index is 176. The number of amides is 1. The van der Waals surface area contributed by atoms with Gasteiger partial charge in [0.05, 0.1) is 17.3 Å². The van der Waals surface area contributed by atoms with Gasteiger partial charge in [0, 0.05) is 13.6 Å². The molecule has 0 saturated carbocycles. The Balaban J connectivity index is 3.79. The van der Waals surface area contributed by atoms with Gasteiger partial charge in [0.25, 0.3) is 0 Å². The van der Waals surface area contributed by atoms with Gasteiger partial charge in [0.1, 0.15) is 0 Å². The van der Waals surface area contributed by atoms with Crippen LogP contribution in [0, 0.1) is 17.2 Å². The lowest BCUT2D eigenvalue weighted by atomic mass is 10.2. The Morgan fingerprint density at radius 1 is 1.82 bits per heavy atom. The third kappa shape index (κ3) is 3.99. The van der Waals surface area contributed by atoms with E-state index in [1.807, 2.05) is 0 Å². The molecule has 4 heteroatoms. The number of halogens is 1. The van der Waals surface area contributed by atoms with E-state index >= 15 is 0 Å². The highest BCUT2D eigenvalue weighted by molar-refractivity contribution is 9.09. The molecule has 0 heterocycles. The standard InChI is InChI=1S/C7H11BrN2O/c1-6(4-9)5-10(2)7(11)3-8/h6H,3,5H2,1-2H3. The molecule has 1 amide bonds. The van der Waals surface area contributed by atoms with Gasteiger partial charge < -0.3 is 4.90 Å². The first kappa shape index (κ1) is 10.4. The first-order valence-corrected chi connectivity index (χ1v) is 4.43. The third-order valence-corrected chi connectivity index (χ3v) is 1.79. The molecular weight excluding hydrogens is 208 g/mol. The molecule has 1 unspecified atom stereocenters. The van der Waals surface area contributed by atoms with Crippen molar-refractivity contribution in [3.63, 3.8) is 0 Å². The van der Waals surface area contributed by atoms with Gasteiger partial charge in [0.15, 0.2) is 0 Å². The van der Waals surface area contributed by atoms with Crippen LogP contribution in [0.25, 0.3) is 0 Å². The summed E-state index contributed by atoms with van der Waals surface area (Å²) in [7, 11) is 1.69. The summed E-state index contributed by atoms with van der Waals surface area (Å²) in [5.74, 6) is -0.0879. The highest BCUT2D eigenvalue weighted by Crippen LogP contribution is 1.97. The molecule has 0 bridgehead atoms. The van der Waals surface area contributed by atoms with Gasteiger partial charge in [0.2, 0.25) is 5.91 Å². The molecule has 0 spiro atoms. The van der Waals surface area contributed by atoms with E-state index in [2.05, 4.69) is 22.0 Å². The summed E-state index contributed by atoms with van der Waals surface area (Å²) in [5, 5.41) is 8.76. The molecule has 0 aliphatic rings. The van der Waals surface area contributed by atoms with Crippen molar-refractivity contribution in [2.45, 2.75) is 6.92 Å². The molecule has 0 aliphatic heterocycles. The average Bonchev–Trinajstić information content (AvgIpc) is 2.02.